The second-order valence-electron chi connectivity index (χ2n) is 11.4. The number of carboxylic acid groups (broad SMARTS) is 1. The summed E-state index contributed by atoms with van der Waals surface area (Å²) in [5, 5.41) is 26.6. The third-order valence-electron chi connectivity index (χ3n) is 7.06. The molecular formula is C29H40N6O6. The standard InChI is InChI=1S/C29H40N6O6/c1-16(2)24(25(37)32-17(3)26(38)35-11-7-8-22(34-35)27(39)40)33-28(41)29(5,6)10-9-21-13-19-12-20(18(4)36)14-31-23(19)15-30-21/h9-10,12-18,22,24,34,36H,7-8,11H2,1-6H3,(H,32,37)(H,33,41)(H,39,40). The van der Waals surface area contributed by atoms with Crippen LogP contribution in [0.25, 0.3) is 17.0 Å². The molecule has 12 nitrogen and oxygen atoms in total. The number of carboxylic acids is 1. The third-order valence-corrected chi connectivity index (χ3v) is 7.06. The molecule has 2 aromatic rings. The number of fused-ring (bicyclic) bond motifs is 1. The second-order valence-corrected chi connectivity index (χ2v) is 11.4. The predicted octanol–water partition coefficient (Wildman–Crippen LogP) is 1.95. The van der Waals surface area contributed by atoms with Crippen LogP contribution in [0.5, 0.6) is 0 Å². The number of aromatic nitrogens is 2. The van der Waals surface area contributed by atoms with Crippen LogP contribution in [0.15, 0.2) is 30.6 Å². The highest BCUT2D eigenvalue weighted by Crippen LogP contribution is 2.22. The molecule has 0 bridgehead atoms. The number of aliphatic hydroxyl groups is 1. The van der Waals surface area contributed by atoms with Gasteiger partial charge in [-0.3, -0.25) is 34.2 Å². The van der Waals surface area contributed by atoms with E-state index in [1.54, 1.807) is 59.2 Å². The maximum Gasteiger partial charge on any atom is 0.322 e. The number of amides is 3. The van der Waals surface area contributed by atoms with Gasteiger partial charge in [0.15, 0.2) is 0 Å². The SMILES string of the molecule is CC(NC(=O)C(NC(=O)C(C)(C)C=Cc1cc2cc(C(C)O)cnc2cn1)C(C)C)C(=O)N1CCCC(C(=O)O)N1. The molecule has 41 heavy (non-hydrogen) atoms. The van der Waals surface area contributed by atoms with Crippen molar-refractivity contribution in [1.29, 1.82) is 0 Å². The number of rotatable bonds is 10. The summed E-state index contributed by atoms with van der Waals surface area (Å²) in [5.74, 6) is -2.68. The van der Waals surface area contributed by atoms with Crippen molar-refractivity contribution in [2.24, 2.45) is 11.3 Å². The Morgan fingerprint density at radius 2 is 1.80 bits per heavy atom. The van der Waals surface area contributed by atoms with E-state index in [4.69, 9.17) is 0 Å². The summed E-state index contributed by atoms with van der Waals surface area (Å²) in [5.41, 5.74) is 3.65. The number of hydrazine groups is 1. The molecule has 1 aliphatic rings. The van der Waals surface area contributed by atoms with E-state index in [-0.39, 0.29) is 11.8 Å². The van der Waals surface area contributed by atoms with E-state index in [9.17, 15) is 29.4 Å². The first kappa shape index (κ1) is 31.6. The van der Waals surface area contributed by atoms with Crippen molar-refractivity contribution >= 4 is 40.7 Å². The zero-order valence-corrected chi connectivity index (χ0v) is 24.3. The summed E-state index contributed by atoms with van der Waals surface area (Å²) in [6, 6.07) is 0.952. The third kappa shape index (κ3) is 8.08. The Bertz CT molecular complexity index is 1320. The summed E-state index contributed by atoms with van der Waals surface area (Å²) in [6.07, 6.45) is 6.92. The van der Waals surface area contributed by atoms with Gasteiger partial charge in [-0.05, 0) is 70.2 Å². The molecule has 1 aliphatic heterocycles. The summed E-state index contributed by atoms with van der Waals surface area (Å²) >= 11 is 0. The van der Waals surface area contributed by atoms with Crippen LogP contribution in [-0.2, 0) is 19.2 Å². The lowest BCUT2D eigenvalue weighted by molar-refractivity contribution is -0.148. The number of nitrogens with zero attached hydrogens (tertiary/aromatic N) is 3. The Morgan fingerprint density at radius 3 is 2.44 bits per heavy atom. The molecule has 0 aromatic carbocycles. The van der Waals surface area contributed by atoms with Gasteiger partial charge >= 0.3 is 5.97 Å². The first-order valence-corrected chi connectivity index (χ1v) is 13.7. The Hall–Kier alpha value is -3.90. The van der Waals surface area contributed by atoms with Gasteiger partial charge in [0.1, 0.15) is 18.1 Å². The fourth-order valence-electron chi connectivity index (χ4n) is 4.34. The van der Waals surface area contributed by atoms with Gasteiger partial charge in [-0.25, -0.2) is 5.43 Å². The van der Waals surface area contributed by atoms with E-state index in [1.807, 2.05) is 12.1 Å². The van der Waals surface area contributed by atoms with Crippen LogP contribution in [0, 0.1) is 11.3 Å². The van der Waals surface area contributed by atoms with Crippen LogP contribution in [-0.4, -0.2) is 73.6 Å². The lowest BCUT2D eigenvalue weighted by Crippen LogP contribution is -2.61. The normalized spacial score (nSPS) is 18.2. The quantitative estimate of drug-likeness (QED) is 0.287. The first-order valence-electron chi connectivity index (χ1n) is 13.7. The minimum atomic E-state index is -1.04. The molecule has 3 rings (SSSR count). The topological polar surface area (TPSA) is 174 Å². The van der Waals surface area contributed by atoms with E-state index < -0.39 is 47.4 Å². The number of aliphatic hydroxyl groups excluding tert-OH is 1. The zero-order chi connectivity index (χ0) is 30.5. The fourth-order valence-corrected chi connectivity index (χ4v) is 4.34. The van der Waals surface area contributed by atoms with Crippen molar-refractivity contribution in [3.05, 3.63) is 41.9 Å². The maximum absolute atomic E-state index is 13.3. The molecule has 0 spiro atoms. The van der Waals surface area contributed by atoms with Gasteiger partial charge in [0.25, 0.3) is 5.91 Å². The number of hydrogen-bond acceptors (Lipinski definition) is 8. The molecule has 4 atom stereocenters. The van der Waals surface area contributed by atoms with Crippen LogP contribution >= 0.6 is 0 Å². The second kappa shape index (κ2) is 13.2. The summed E-state index contributed by atoms with van der Waals surface area (Å²) in [7, 11) is 0. The van der Waals surface area contributed by atoms with Crippen LogP contribution in [0.4, 0.5) is 0 Å². The van der Waals surface area contributed by atoms with Crippen LogP contribution < -0.4 is 16.1 Å². The largest absolute Gasteiger partial charge is 0.480 e. The summed E-state index contributed by atoms with van der Waals surface area (Å²) < 4.78 is 0. The maximum atomic E-state index is 13.3. The molecule has 1 saturated heterocycles. The Labute approximate surface area is 239 Å². The van der Waals surface area contributed by atoms with Gasteiger partial charge in [-0.2, -0.15) is 0 Å². The van der Waals surface area contributed by atoms with Crippen molar-refractivity contribution in [3.8, 4) is 0 Å². The molecule has 3 amide bonds. The van der Waals surface area contributed by atoms with E-state index in [0.29, 0.717) is 36.2 Å². The van der Waals surface area contributed by atoms with Crippen molar-refractivity contribution in [3.63, 3.8) is 0 Å². The van der Waals surface area contributed by atoms with Gasteiger partial charge in [-0.15, -0.1) is 0 Å². The van der Waals surface area contributed by atoms with Crippen molar-refractivity contribution in [2.75, 3.05) is 6.54 Å². The fraction of sp³-hybridized carbons (Fsp3) is 0.517. The summed E-state index contributed by atoms with van der Waals surface area (Å²) in [6.45, 7) is 10.5. The number of nitrogens with one attached hydrogen (secondary N) is 3. The minimum Gasteiger partial charge on any atom is -0.480 e. The van der Waals surface area contributed by atoms with Crippen LogP contribution in [0.1, 0.15) is 71.7 Å². The number of carbonyl (C=O) groups excluding carboxylic acids is 3. The lowest BCUT2D eigenvalue weighted by atomic mass is 9.90. The summed E-state index contributed by atoms with van der Waals surface area (Å²) in [4.78, 5) is 59.3. The number of aliphatic carboxylic acids is 1. The molecule has 4 unspecified atom stereocenters. The number of pyridine rings is 2. The van der Waals surface area contributed by atoms with E-state index in [0.717, 1.165) is 5.39 Å². The van der Waals surface area contributed by atoms with Gasteiger partial charge in [-0.1, -0.05) is 19.9 Å². The molecule has 222 valence electrons. The Kier molecular flexibility index (Phi) is 10.2. The molecule has 0 saturated carbocycles. The van der Waals surface area contributed by atoms with Crippen molar-refractivity contribution in [1.82, 2.24) is 31.0 Å². The Balaban J connectivity index is 1.66. The smallest absolute Gasteiger partial charge is 0.322 e. The number of hydrogen-bond donors (Lipinski definition) is 5. The number of carbonyl (C=O) groups is 4. The van der Waals surface area contributed by atoms with Gasteiger partial charge < -0.3 is 20.8 Å². The molecule has 12 heteroatoms. The van der Waals surface area contributed by atoms with Crippen molar-refractivity contribution < 1.29 is 29.4 Å². The van der Waals surface area contributed by atoms with E-state index >= 15 is 0 Å². The minimum absolute atomic E-state index is 0.275. The van der Waals surface area contributed by atoms with E-state index in [2.05, 4.69) is 26.0 Å². The van der Waals surface area contributed by atoms with Gasteiger partial charge in [0.2, 0.25) is 11.8 Å². The highest BCUT2D eigenvalue weighted by molar-refractivity contribution is 5.94. The molecular weight excluding hydrogens is 528 g/mol. The van der Waals surface area contributed by atoms with Crippen LogP contribution in [0.2, 0.25) is 0 Å². The van der Waals surface area contributed by atoms with Crippen LogP contribution in [0.3, 0.4) is 0 Å². The zero-order valence-electron chi connectivity index (χ0n) is 24.3. The molecule has 5 N–H and O–H groups in total. The molecule has 1 fully saturated rings. The average molecular weight is 569 g/mol. The lowest BCUT2D eigenvalue weighted by Gasteiger charge is -2.34. The molecule has 0 aliphatic carbocycles. The molecule has 2 aromatic heterocycles. The average Bonchev–Trinajstić information content (AvgIpc) is 2.93. The highest BCUT2D eigenvalue weighted by atomic mass is 16.4. The molecule has 3 heterocycles. The highest BCUT2D eigenvalue weighted by Gasteiger charge is 2.34. The van der Waals surface area contributed by atoms with Crippen molar-refractivity contribution in [2.45, 2.75) is 78.6 Å². The van der Waals surface area contributed by atoms with Gasteiger partial charge in [0, 0.05) is 18.1 Å². The van der Waals surface area contributed by atoms with E-state index in [1.165, 1.54) is 11.9 Å². The predicted molar refractivity (Wildman–Crippen MR) is 153 cm³/mol. The monoisotopic (exact) mass is 568 g/mol. The molecule has 0 radical (unpaired) electrons. The Morgan fingerprint density at radius 1 is 1.10 bits per heavy atom. The first-order chi connectivity index (χ1) is 19.2. The van der Waals surface area contributed by atoms with Gasteiger partial charge in [0.05, 0.1) is 28.9 Å².